The number of hydrogen-bond donors (Lipinski definition) is 2. The number of rotatable bonds is 6. The van der Waals surface area contributed by atoms with Crippen LogP contribution < -0.4 is 10.5 Å². The first-order chi connectivity index (χ1) is 16.5. The normalized spacial score (nSPS) is 15.9. The third-order valence-corrected chi connectivity index (χ3v) is 5.78. The summed E-state index contributed by atoms with van der Waals surface area (Å²) in [6.07, 6.45) is 4.56. The van der Waals surface area contributed by atoms with E-state index < -0.39 is 0 Å². The number of nitrogens with zero attached hydrogens (tertiary/aromatic N) is 4. The summed E-state index contributed by atoms with van der Waals surface area (Å²) in [7, 11) is 0. The highest BCUT2D eigenvalue weighted by Crippen LogP contribution is 2.34. The Morgan fingerprint density at radius 1 is 1.21 bits per heavy atom. The van der Waals surface area contributed by atoms with Gasteiger partial charge in [0, 0.05) is 24.9 Å². The molecule has 8 heteroatoms. The molecule has 8 nitrogen and oxygen atoms in total. The Balaban J connectivity index is 1.68. The van der Waals surface area contributed by atoms with E-state index in [0.717, 1.165) is 24.2 Å². The molecule has 0 radical (unpaired) electrons. The molecule has 1 aromatic heterocycles. The monoisotopic (exact) mass is 456 g/mol. The van der Waals surface area contributed by atoms with E-state index in [1.54, 1.807) is 22.7 Å². The molecule has 1 saturated heterocycles. The van der Waals surface area contributed by atoms with Crippen LogP contribution in [0.15, 0.2) is 72.2 Å². The minimum absolute atomic E-state index is 0.0423. The molecule has 0 spiro atoms. The van der Waals surface area contributed by atoms with Gasteiger partial charge in [0.1, 0.15) is 23.0 Å². The summed E-state index contributed by atoms with van der Waals surface area (Å²) >= 11 is 0. The predicted octanol–water partition coefficient (Wildman–Crippen LogP) is 4.69. The van der Waals surface area contributed by atoms with E-state index in [4.69, 9.17) is 21.0 Å². The number of likely N-dealkylation sites (tertiary alicyclic amines) is 1. The summed E-state index contributed by atoms with van der Waals surface area (Å²) in [6, 6.07) is 17.0. The molecule has 0 aliphatic carbocycles. The molecule has 34 heavy (non-hydrogen) atoms. The van der Waals surface area contributed by atoms with Crippen LogP contribution in [0.1, 0.15) is 31.4 Å². The van der Waals surface area contributed by atoms with Gasteiger partial charge in [0.2, 0.25) is 5.91 Å². The standard InChI is InChI=1S/C26H28N6O2/c1-3-22(33)31-16-8-9-19(17-31)32-26(28)23(25(27)29-4-2)24(30-32)18-12-14-21(15-13-18)34-20-10-6-5-7-11-20/h3-7,10-15,19,27H,1,8-9,16-17,28H2,2H3/t19-/m1/s1. The van der Waals surface area contributed by atoms with Gasteiger partial charge in [-0.15, -0.1) is 0 Å². The van der Waals surface area contributed by atoms with Crippen molar-refractivity contribution < 1.29 is 9.53 Å². The molecule has 1 amide bonds. The number of carbonyl (C=O) groups excluding carboxylic acids is 1. The molecule has 0 saturated carbocycles. The van der Waals surface area contributed by atoms with Crippen molar-refractivity contribution in [3.05, 3.63) is 72.8 Å². The van der Waals surface area contributed by atoms with Gasteiger partial charge < -0.3 is 15.4 Å². The van der Waals surface area contributed by atoms with Crippen LogP contribution in [-0.2, 0) is 4.79 Å². The molecule has 1 atom stereocenters. The molecule has 0 bridgehead atoms. The van der Waals surface area contributed by atoms with Crippen LogP contribution in [0.4, 0.5) is 5.82 Å². The molecular formula is C26H28N6O2. The number of hydrogen-bond acceptors (Lipinski definition) is 5. The first kappa shape index (κ1) is 23.0. The van der Waals surface area contributed by atoms with Crippen molar-refractivity contribution in [1.82, 2.24) is 14.7 Å². The number of carbonyl (C=O) groups is 1. The molecular weight excluding hydrogens is 428 g/mol. The number of para-hydroxylation sites is 1. The molecule has 1 aliphatic heterocycles. The number of nitrogens with one attached hydrogen (secondary N) is 1. The minimum Gasteiger partial charge on any atom is -0.457 e. The molecule has 1 fully saturated rings. The third kappa shape index (κ3) is 4.76. The third-order valence-electron chi connectivity index (χ3n) is 5.78. The zero-order valence-corrected chi connectivity index (χ0v) is 19.1. The Labute approximate surface area is 198 Å². The van der Waals surface area contributed by atoms with Crippen molar-refractivity contribution in [2.75, 3.05) is 18.8 Å². The van der Waals surface area contributed by atoms with Gasteiger partial charge in [-0.2, -0.15) is 5.10 Å². The van der Waals surface area contributed by atoms with Crippen LogP contribution in [-0.4, -0.2) is 45.7 Å². The molecule has 0 unspecified atom stereocenters. The Hall–Kier alpha value is -4.20. The lowest BCUT2D eigenvalue weighted by Crippen LogP contribution is -2.40. The first-order valence-corrected chi connectivity index (χ1v) is 11.2. The smallest absolute Gasteiger partial charge is 0.246 e. The number of ether oxygens (including phenoxy) is 1. The van der Waals surface area contributed by atoms with Gasteiger partial charge in [0.15, 0.2) is 5.84 Å². The van der Waals surface area contributed by atoms with Crippen molar-refractivity contribution in [3.8, 4) is 22.8 Å². The van der Waals surface area contributed by atoms with Crippen molar-refractivity contribution in [2.45, 2.75) is 25.8 Å². The summed E-state index contributed by atoms with van der Waals surface area (Å²) in [6.45, 7) is 6.52. The highest BCUT2D eigenvalue weighted by atomic mass is 16.5. The average molecular weight is 457 g/mol. The van der Waals surface area contributed by atoms with Gasteiger partial charge in [0.05, 0.1) is 11.6 Å². The molecule has 2 aromatic carbocycles. The topological polar surface area (TPSA) is 110 Å². The zero-order chi connectivity index (χ0) is 24.1. The largest absolute Gasteiger partial charge is 0.457 e. The van der Waals surface area contributed by atoms with Crippen LogP contribution in [0, 0.1) is 5.41 Å². The van der Waals surface area contributed by atoms with Gasteiger partial charge in [-0.05, 0) is 62.2 Å². The first-order valence-electron chi connectivity index (χ1n) is 11.2. The SMILES string of the molecule is C=CC(=O)N1CCC[C@@H](n2nc(-c3ccc(Oc4ccccc4)cc3)c(C(=N)N=CC)c2N)C1. The van der Waals surface area contributed by atoms with Gasteiger partial charge in [-0.3, -0.25) is 10.2 Å². The second-order valence-electron chi connectivity index (χ2n) is 8.01. The predicted molar refractivity (Wildman–Crippen MR) is 135 cm³/mol. The van der Waals surface area contributed by atoms with Crippen molar-refractivity contribution in [1.29, 1.82) is 5.41 Å². The number of nitrogen functional groups attached to an aromatic ring is 1. The number of aliphatic imine (C=N–C) groups is 1. The Morgan fingerprint density at radius 2 is 1.91 bits per heavy atom. The van der Waals surface area contributed by atoms with Gasteiger partial charge in [-0.1, -0.05) is 24.8 Å². The number of piperidine rings is 1. The molecule has 1 aliphatic rings. The van der Waals surface area contributed by atoms with Crippen molar-refractivity contribution in [3.63, 3.8) is 0 Å². The fourth-order valence-corrected chi connectivity index (χ4v) is 4.14. The van der Waals surface area contributed by atoms with E-state index >= 15 is 0 Å². The average Bonchev–Trinajstić information content (AvgIpc) is 3.22. The highest BCUT2D eigenvalue weighted by molar-refractivity contribution is 6.08. The summed E-state index contributed by atoms with van der Waals surface area (Å²) in [5.74, 6) is 1.75. The molecule has 3 aromatic rings. The second-order valence-corrected chi connectivity index (χ2v) is 8.01. The lowest BCUT2D eigenvalue weighted by atomic mass is 10.0. The van der Waals surface area contributed by atoms with E-state index in [-0.39, 0.29) is 17.8 Å². The lowest BCUT2D eigenvalue weighted by molar-refractivity contribution is -0.127. The maximum atomic E-state index is 12.2. The molecule has 2 heterocycles. The van der Waals surface area contributed by atoms with E-state index in [2.05, 4.69) is 11.6 Å². The lowest BCUT2D eigenvalue weighted by Gasteiger charge is -2.32. The van der Waals surface area contributed by atoms with Crippen LogP contribution >= 0.6 is 0 Å². The molecule has 174 valence electrons. The van der Waals surface area contributed by atoms with Gasteiger partial charge >= 0.3 is 0 Å². The van der Waals surface area contributed by atoms with Crippen LogP contribution in [0.2, 0.25) is 0 Å². The van der Waals surface area contributed by atoms with E-state index in [0.29, 0.717) is 35.9 Å². The number of aromatic nitrogens is 2. The van der Waals surface area contributed by atoms with Crippen LogP contribution in [0.5, 0.6) is 11.5 Å². The van der Waals surface area contributed by atoms with E-state index in [9.17, 15) is 4.79 Å². The maximum absolute atomic E-state index is 12.2. The van der Waals surface area contributed by atoms with Gasteiger partial charge in [-0.25, -0.2) is 9.67 Å². The van der Waals surface area contributed by atoms with E-state index in [1.165, 1.54) is 6.08 Å². The quantitative estimate of drug-likeness (QED) is 0.318. The Morgan fingerprint density at radius 3 is 2.59 bits per heavy atom. The van der Waals surface area contributed by atoms with Gasteiger partial charge in [0.25, 0.3) is 0 Å². The van der Waals surface area contributed by atoms with Crippen LogP contribution in [0.25, 0.3) is 11.3 Å². The Kier molecular flexibility index (Phi) is 6.87. The second kappa shape index (κ2) is 10.2. The summed E-state index contributed by atoms with van der Waals surface area (Å²) in [5.41, 5.74) is 8.37. The number of amidine groups is 1. The fraction of sp³-hybridized carbons (Fsp3) is 0.231. The number of benzene rings is 2. The highest BCUT2D eigenvalue weighted by Gasteiger charge is 2.29. The Bertz CT molecular complexity index is 1210. The van der Waals surface area contributed by atoms with E-state index in [1.807, 2.05) is 54.6 Å². The van der Waals surface area contributed by atoms with Crippen LogP contribution in [0.3, 0.4) is 0 Å². The molecule has 3 N–H and O–H groups in total. The number of anilines is 1. The number of amides is 1. The summed E-state index contributed by atoms with van der Waals surface area (Å²) in [4.78, 5) is 18.1. The van der Waals surface area contributed by atoms with Crippen molar-refractivity contribution in [2.24, 2.45) is 4.99 Å². The maximum Gasteiger partial charge on any atom is 0.246 e. The summed E-state index contributed by atoms with van der Waals surface area (Å²) in [5, 5.41) is 13.3. The zero-order valence-electron chi connectivity index (χ0n) is 19.1. The fourth-order valence-electron chi connectivity index (χ4n) is 4.14. The molecule has 4 rings (SSSR count). The minimum atomic E-state index is -0.104. The van der Waals surface area contributed by atoms with Crippen molar-refractivity contribution >= 4 is 23.8 Å². The number of nitrogens with two attached hydrogens (primary N) is 1. The summed E-state index contributed by atoms with van der Waals surface area (Å²) < 4.78 is 7.63.